The average Bonchev–Trinajstić information content (AvgIpc) is 2.99. The summed E-state index contributed by atoms with van der Waals surface area (Å²) in [6.07, 6.45) is 29.9. The molecule has 0 amide bonds. The minimum absolute atomic E-state index is 0.477. The maximum absolute atomic E-state index is 11.5. The highest BCUT2D eigenvalue weighted by molar-refractivity contribution is 5.70. The maximum Gasteiger partial charge on any atom is 0.306 e. The molecule has 7 nitrogen and oxygen atoms in total. The molecule has 7 heteroatoms. The molecule has 0 aromatic carbocycles. The van der Waals surface area contributed by atoms with Crippen molar-refractivity contribution in [3.63, 3.8) is 0 Å². The van der Waals surface area contributed by atoms with E-state index in [9.17, 15) is 29.7 Å². The van der Waals surface area contributed by atoms with Gasteiger partial charge in [-0.1, -0.05) is 137 Å². The molecule has 0 aliphatic rings. The van der Waals surface area contributed by atoms with Crippen LogP contribution >= 0.6 is 0 Å². The molecule has 0 bridgehead atoms. The van der Waals surface area contributed by atoms with Crippen molar-refractivity contribution in [2.75, 3.05) is 26.2 Å². The fourth-order valence-electron chi connectivity index (χ4n) is 5.79. The smallest absolute Gasteiger partial charge is 0.306 e. The van der Waals surface area contributed by atoms with Crippen molar-refractivity contribution >= 4 is 17.9 Å². The van der Waals surface area contributed by atoms with Gasteiger partial charge < -0.3 is 19.8 Å². The molecule has 0 heterocycles. The molecule has 3 atom stereocenters. The Balaban J connectivity index is 4.46. The van der Waals surface area contributed by atoms with E-state index in [1.807, 2.05) is 0 Å². The van der Waals surface area contributed by atoms with Crippen LogP contribution in [0.2, 0.25) is 0 Å². The Bertz CT molecular complexity index is 707. The minimum Gasteiger partial charge on any atom is -0.481 e. The first-order valence-electron chi connectivity index (χ1n) is 18.2. The quantitative estimate of drug-likeness (QED) is 0.0390. The summed E-state index contributed by atoms with van der Waals surface area (Å²) in [4.78, 5) is 34.5. The number of carboxylic acids is 3. The summed E-state index contributed by atoms with van der Waals surface area (Å²) in [5, 5.41) is 28.3. The van der Waals surface area contributed by atoms with Crippen LogP contribution in [-0.2, 0) is 14.4 Å². The zero-order valence-corrected chi connectivity index (χ0v) is 29.1. The van der Waals surface area contributed by atoms with Gasteiger partial charge in [-0.05, 0) is 18.9 Å². The largest absolute Gasteiger partial charge is 0.481 e. The summed E-state index contributed by atoms with van der Waals surface area (Å²) in [5.41, 5.74) is 0. The topological polar surface area (TPSA) is 112 Å². The first-order valence-corrected chi connectivity index (χ1v) is 18.2. The predicted molar refractivity (Wildman–Crippen MR) is 182 cm³/mol. The van der Waals surface area contributed by atoms with Gasteiger partial charge in [-0.3, -0.25) is 14.4 Å². The number of rotatable bonds is 32. The molecule has 44 heavy (non-hydrogen) atoms. The number of aliphatic carboxylic acids is 3. The van der Waals surface area contributed by atoms with Crippen molar-refractivity contribution in [3.05, 3.63) is 12.2 Å². The van der Waals surface area contributed by atoms with Crippen LogP contribution < -0.4 is 0 Å². The second-order valence-electron chi connectivity index (χ2n) is 13.7. The molecule has 0 saturated carbocycles. The fraction of sp³-hybridized carbons (Fsp3) is 0.865. The van der Waals surface area contributed by atoms with Crippen molar-refractivity contribution in [1.29, 1.82) is 0 Å². The van der Waals surface area contributed by atoms with Gasteiger partial charge in [0.25, 0.3) is 0 Å². The average molecular weight is 625 g/mol. The number of carboxylic acid groups (broad SMARTS) is 3. The Morgan fingerprint density at radius 2 is 0.795 bits per heavy atom. The molecule has 3 N–H and O–H groups in total. The lowest BCUT2D eigenvalue weighted by Gasteiger charge is -2.39. The molecule has 0 aliphatic carbocycles. The van der Waals surface area contributed by atoms with Crippen molar-refractivity contribution in [2.45, 2.75) is 163 Å². The highest BCUT2D eigenvalue weighted by atomic mass is 16.4. The molecule has 0 rings (SSSR count). The van der Waals surface area contributed by atoms with Gasteiger partial charge in [0.2, 0.25) is 0 Å². The molecule has 3 unspecified atom stereocenters. The lowest BCUT2D eigenvalue weighted by atomic mass is 10.0. The highest BCUT2D eigenvalue weighted by Crippen LogP contribution is 2.21. The lowest BCUT2D eigenvalue weighted by Crippen LogP contribution is -2.52. The third kappa shape index (κ3) is 23.5. The van der Waals surface area contributed by atoms with Crippen LogP contribution in [0.4, 0.5) is 0 Å². The van der Waals surface area contributed by atoms with Gasteiger partial charge in [0.1, 0.15) is 0 Å². The Morgan fingerprint density at radius 3 is 1.09 bits per heavy atom. The number of hydrogen-bond donors (Lipinski definition) is 3. The number of unbranched alkanes of at least 4 members (excludes halogenated alkanes) is 17. The molecule has 0 fully saturated rings. The molecule has 0 aromatic rings. The molecular formula is C37H70NO6+. The Labute approximate surface area is 270 Å². The number of carbonyl (C=O) groups is 3. The number of quaternary nitrogens is 1. The second kappa shape index (κ2) is 27.4. The van der Waals surface area contributed by atoms with E-state index in [0.717, 1.165) is 12.8 Å². The van der Waals surface area contributed by atoms with E-state index in [2.05, 4.69) is 19.1 Å². The van der Waals surface area contributed by atoms with Crippen LogP contribution in [0.25, 0.3) is 0 Å². The Morgan fingerprint density at radius 1 is 0.500 bits per heavy atom. The van der Waals surface area contributed by atoms with Crippen LogP contribution in [0.15, 0.2) is 12.2 Å². The zero-order valence-electron chi connectivity index (χ0n) is 29.1. The van der Waals surface area contributed by atoms with Gasteiger partial charge >= 0.3 is 17.9 Å². The van der Waals surface area contributed by atoms with Crippen molar-refractivity contribution in [2.24, 2.45) is 17.8 Å². The molecule has 0 spiro atoms. The first-order chi connectivity index (χ1) is 21.0. The van der Waals surface area contributed by atoms with Crippen LogP contribution in [0, 0.1) is 17.8 Å². The highest BCUT2D eigenvalue weighted by Gasteiger charge is 2.31. The van der Waals surface area contributed by atoms with E-state index in [1.165, 1.54) is 103 Å². The van der Waals surface area contributed by atoms with Gasteiger partial charge in [0, 0.05) is 19.3 Å². The zero-order chi connectivity index (χ0) is 33.1. The molecule has 0 aliphatic heterocycles. The lowest BCUT2D eigenvalue weighted by molar-refractivity contribution is -0.924. The number of allylic oxidation sites excluding steroid dienone is 1. The monoisotopic (exact) mass is 625 g/mol. The van der Waals surface area contributed by atoms with Crippen molar-refractivity contribution < 1.29 is 34.2 Å². The SMILES string of the molecule is CCCCCCCCCCCCCCCCCCC/C=C/C[N+](CCC(C)C(=O)O)(CCC(C)C(=O)O)CCC(C)C(=O)O. The first kappa shape index (κ1) is 42.1. The normalized spacial score (nSPS) is 15.2. The van der Waals surface area contributed by atoms with E-state index < -0.39 is 35.7 Å². The summed E-state index contributed by atoms with van der Waals surface area (Å²) in [7, 11) is 0. The summed E-state index contributed by atoms with van der Waals surface area (Å²) < 4.78 is 0.530. The van der Waals surface area contributed by atoms with Gasteiger partial charge in [-0.15, -0.1) is 0 Å². The Kier molecular flexibility index (Phi) is 26.2. The minimum atomic E-state index is -0.838. The third-order valence-electron chi connectivity index (χ3n) is 9.51. The van der Waals surface area contributed by atoms with Crippen LogP contribution in [0.3, 0.4) is 0 Å². The summed E-state index contributed by atoms with van der Waals surface area (Å²) >= 11 is 0. The third-order valence-corrected chi connectivity index (χ3v) is 9.51. The summed E-state index contributed by atoms with van der Waals surface area (Å²) in [5.74, 6) is -4.01. The van der Waals surface area contributed by atoms with Gasteiger partial charge in [-0.25, -0.2) is 0 Å². The van der Waals surface area contributed by atoms with E-state index >= 15 is 0 Å². The Hall–Kier alpha value is -1.89. The summed E-state index contributed by atoms with van der Waals surface area (Å²) in [6.45, 7) is 9.82. The van der Waals surface area contributed by atoms with Crippen molar-refractivity contribution in [3.8, 4) is 0 Å². The molecule has 0 aromatic heterocycles. The van der Waals surface area contributed by atoms with E-state index in [0.29, 0.717) is 49.9 Å². The van der Waals surface area contributed by atoms with Crippen LogP contribution in [-0.4, -0.2) is 63.9 Å². The van der Waals surface area contributed by atoms with Crippen molar-refractivity contribution in [1.82, 2.24) is 0 Å². The van der Waals surface area contributed by atoms with Gasteiger partial charge in [0.05, 0.1) is 43.9 Å². The number of hydrogen-bond acceptors (Lipinski definition) is 3. The summed E-state index contributed by atoms with van der Waals surface area (Å²) in [6, 6.07) is 0. The van der Waals surface area contributed by atoms with E-state index in [-0.39, 0.29) is 0 Å². The fourth-order valence-corrected chi connectivity index (χ4v) is 5.79. The van der Waals surface area contributed by atoms with Gasteiger partial charge in [-0.2, -0.15) is 0 Å². The molecule has 0 saturated heterocycles. The predicted octanol–water partition coefficient (Wildman–Crippen LogP) is 9.73. The molecular weight excluding hydrogens is 554 g/mol. The second-order valence-corrected chi connectivity index (χ2v) is 13.7. The van der Waals surface area contributed by atoms with E-state index in [4.69, 9.17) is 0 Å². The van der Waals surface area contributed by atoms with E-state index in [1.54, 1.807) is 20.8 Å². The van der Waals surface area contributed by atoms with Gasteiger partial charge in [0.15, 0.2) is 0 Å². The molecule has 0 radical (unpaired) electrons. The maximum atomic E-state index is 11.5. The number of nitrogens with zero attached hydrogens (tertiary/aromatic N) is 1. The standard InChI is InChI=1S/C37H69NO6/c1-5-6-7-8-9-10-11-12-13-14-15-16-17-18-19-20-21-22-23-24-28-38(29-25-32(2)35(39)40,30-26-33(3)36(41)42)31-27-34(4)37(43)44/h23-24,32-34H,5-22,25-31H2,1-4H3,(H2-,39,40,41,42,43,44)/p+1/b24-23+. The van der Waals surface area contributed by atoms with Crippen LogP contribution in [0.5, 0.6) is 0 Å². The van der Waals surface area contributed by atoms with Crippen LogP contribution in [0.1, 0.15) is 163 Å². The molecule has 258 valence electrons.